The summed E-state index contributed by atoms with van der Waals surface area (Å²) >= 11 is 0. The first kappa shape index (κ1) is 14.4. The Kier molecular flexibility index (Phi) is 3.83. The Balaban J connectivity index is 2.38. The van der Waals surface area contributed by atoms with Gasteiger partial charge in [-0.1, -0.05) is 0 Å². The average Bonchev–Trinajstić information content (AvgIpc) is 2.87. The zero-order valence-corrected chi connectivity index (χ0v) is 11.3. The molecule has 0 fully saturated rings. The molecule has 2 aromatic rings. The van der Waals surface area contributed by atoms with Crippen molar-refractivity contribution in [2.75, 3.05) is 5.32 Å². The summed E-state index contributed by atoms with van der Waals surface area (Å²) in [5.41, 5.74) is -0.0986. The number of carboxylic acids is 1. The zero-order chi connectivity index (χ0) is 15.6. The number of hydrogen-bond donors (Lipinski definition) is 2. The molecule has 0 radical (unpaired) electrons. The van der Waals surface area contributed by atoms with Gasteiger partial charge in [0, 0.05) is 18.3 Å². The lowest BCUT2D eigenvalue weighted by Gasteiger charge is -2.05. The van der Waals surface area contributed by atoms with E-state index in [0.717, 1.165) is 12.1 Å². The van der Waals surface area contributed by atoms with Crippen molar-refractivity contribution in [3.63, 3.8) is 0 Å². The Morgan fingerprint density at radius 3 is 2.71 bits per heavy atom. The van der Waals surface area contributed by atoms with E-state index in [1.165, 1.54) is 6.20 Å². The molecule has 0 atom stereocenters. The fourth-order valence-electron chi connectivity index (χ4n) is 1.63. The van der Waals surface area contributed by atoms with Crippen LogP contribution in [-0.2, 0) is 0 Å². The van der Waals surface area contributed by atoms with Gasteiger partial charge in [0.1, 0.15) is 0 Å². The first-order chi connectivity index (χ1) is 9.88. The SMILES string of the molecule is CC(C)n1cc(Nc2nc(C(=O)O)ccc2[N+](=O)[O-])cn1. The zero-order valence-electron chi connectivity index (χ0n) is 11.3. The van der Waals surface area contributed by atoms with Crippen molar-refractivity contribution < 1.29 is 14.8 Å². The third kappa shape index (κ3) is 3.14. The van der Waals surface area contributed by atoms with Crippen LogP contribution in [0.1, 0.15) is 30.4 Å². The van der Waals surface area contributed by atoms with E-state index in [9.17, 15) is 14.9 Å². The summed E-state index contributed by atoms with van der Waals surface area (Å²) < 4.78 is 1.66. The number of nitrogens with one attached hydrogen (secondary N) is 1. The molecule has 0 saturated carbocycles. The predicted molar refractivity (Wildman–Crippen MR) is 73.7 cm³/mol. The largest absolute Gasteiger partial charge is 0.477 e. The second-order valence-corrected chi connectivity index (χ2v) is 4.55. The monoisotopic (exact) mass is 291 g/mol. The van der Waals surface area contributed by atoms with Gasteiger partial charge in [-0.3, -0.25) is 14.8 Å². The molecule has 0 bridgehead atoms. The highest BCUT2D eigenvalue weighted by atomic mass is 16.6. The molecule has 0 saturated heterocycles. The molecule has 9 heteroatoms. The molecule has 0 amide bonds. The van der Waals surface area contributed by atoms with Gasteiger partial charge < -0.3 is 10.4 Å². The van der Waals surface area contributed by atoms with Gasteiger partial charge in [-0.25, -0.2) is 9.78 Å². The van der Waals surface area contributed by atoms with Crippen LogP contribution in [0.4, 0.5) is 17.2 Å². The fourth-order valence-corrected chi connectivity index (χ4v) is 1.63. The molecule has 0 aliphatic carbocycles. The van der Waals surface area contributed by atoms with Crippen LogP contribution in [0.3, 0.4) is 0 Å². The van der Waals surface area contributed by atoms with Crippen molar-refractivity contribution in [2.24, 2.45) is 0 Å². The Morgan fingerprint density at radius 2 is 2.19 bits per heavy atom. The van der Waals surface area contributed by atoms with Gasteiger partial charge >= 0.3 is 11.7 Å². The van der Waals surface area contributed by atoms with Crippen LogP contribution in [0, 0.1) is 10.1 Å². The highest BCUT2D eigenvalue weighted by molar-refractivity contribution is 5.86. The smallest absolute Gasteiger partial charge is 0.354 e. The van der Waals surface area contributed by atoms with Crippen LogP contribution >= 0.6 is 0 Å². The third-order valence-electron chi connectivity index (χ3n) is 2.68. The number of nitro groups is 1. The lowest BCUT2D eigenvalue weighted by atomic mass is 10.3. The quantitative estimate of drug-likeness (QED) is 0.639. The van der Waals surface area contributed by atoms with E-state index in [0.29, 0.717) is 5.69 Å². The molecule has 110 valence electrons. The van der Waals surface area contributed by atoms with E-state index >= 15 is 0 Å². The summed E-state index contributed by atoms with van der Waals surface area (Å²) in [5.74, 6) is -1.39. The van der Waals surface area contributed by atoms with Gasteiger partial charge in [0.25, 0.3) is 0 Å². The summed E-state index contributed by atoms with van der Waals surface area (Å²) in [7, 11) is 0. The molecular weight excluding hydrogens is 278 g/mol. The Morgan fingerprint density at radius 1 is 1.48 bits per heavy atom. The molecule has 9 nitrogen and oxygen atoms in total. The number of aromatic carboxylic acids is 1. The summed E-state index contributed by atoms with van der Waals surface area (Å²) in [6.07, 6.45) is 3.14. The molecule has 0 spiro atoms. The van der Waals surface area contributed by atoms with Gasteiger partial charge in [0.2, 0.25) is 5.82 Å². The van der Waals surface area contributed by atoms with E-state index < -0.39 is 10.9 Å². The van der Waals surface area contributed by atoms with Crippen LogP contribution < -0.4 is 5.32 Å². The first-order valence-electron chi connectivity index (χ1n) is 6.08. The van der Waals surface area contributed by atoms with Crippen molar-refractivity contribution in [3.05, 3.63) is 40.3 Å². The maximum absolute atomic E-state index is 11.0. The van der Waals surface area contributed by atoms with Crippen LogP contribution in [0.15, 0.2) is 24.5 Å². The number of carbonyl (C=O) groups is 1. The van der Waals surface area contributed by atoms with Crippen molar-refractivity contribution >= 4 is 23.2 Å². The molecule has 0 aliphatic rings. The molecule has 21 heavy (non-hydrogen) atoms. The summed E-state index contributed by atoms with van der Waals surface area (Å²) in [6.45, 7) is 3.87. The lowest BCUT2D eigenvalue weighted by molar-refractivity contribution is -0.384. The van der Waals surface area contributed by atoms with Gasteiger partial charge in [0.15, 0.2) is 5.69 Å². The second-order valence-electron chi connectivity index (χ2n) is 4.55. The average molecular weight is 291 g/mol. The maximum atomic E-state index is 11.0. The number of nitrogens with zero attached hydrogens (tertiary/aromatic N) is 4. The molecule has 0 unspecified atom stereocenters. The summed E-state index contributed by atoms with van der Waals surface area (Å²) in [4.78, 5) is 25.0. The molecule has 0 aromatic carbocycles. The van der Waals surface area contributed by atoms with Gasteiger partial charge in [0.05, 0.1) is 16.8 Å². The number of hydrogen-bond acceptors (Lipinski definition) is 6. The van der Waals surface area contributed by atoms with Gasteiger partial charge in [-0.2, -0.15) is 5.10 Å². The molecule has 2 N–H and O–H groups in total. The van der Waals surface area contributed by atoms with Crippen LogP contribution in [0.2, 0.25) is 0 Å². The number of pyridine rings is 1. The molecule has 2 rings (SSSR count). The molecular formula is C12H13N5O4. The highest BCUT2D eigenvalue weighted by Crippen LogP contribution is 2.26. The Hall–Kier alpha value is -2.97. The fraction of sp³-hybridized carbons (Fsp3) is 0.250. The third-order valence-corrected chi connectivity index (χ3v) is 2.68. The van der Waals surface area contributed by atoms with Gasteiger partial charge in [-0.15, -0.1) is 0 Å². The minimum atomic E-state index is -1.26. The maximum Gasteiger partial charge on any atom is 0.354 e. The van der Waals surface area contributed by atoms with E-state index in [1.807, 2.05) is 13.8 Å². The molecule has 2 heterocycles. The molecule has 0 aliphatic heterocycles. The minimum absolute atomic E-state index is 0.133. The minimum Gasteiger partial charge on any atom is -0.477 e. The number of rotatable bonds is 5. The first-order valence-corrected chi connectivity index (χ1v) is 6.08. The van der Waals surface area contributed by atoms with Crippen molar-refractivity contribution in [2.45, 2.75) is 19.9 Å². The summed E-state index contributed by atoms with van der Waals surface area (Å²) in [6, 6.07) is 2.32. The Bertz CT molecular complexity index is 695. The summed E-state index contributed by atoms with van der Waals surface area (Å²) in [5, 5.41) is 26.7. The number of aromatic nitrogens is 3. The van der Waals surface area contributed by atoms with E-state index in [-0.39, 0.29) is 23.2 Å². The highest BCUT2D eigenvalue weighted by Gasteiger charge is 2.19. The van der Waals surface area contributed by atoms with Crippen LogP contribution in [-0.4, -0.2) is 30.8 Å². The van der Waals surface area contributed by atoms with E-state index in [4.69, 9.17) is 5.11 Å². The number of carboxylic acid groups (broad SMARTS) is 1. The van der Waals surface area contributed by atoms with Crippen LogP contribution in [0.25, 0.3) is 0 Å². The lowest BCUT2D eigenvalue weighted by Crippen LogP contribution is -2.05. The van der Waals surface area contributed by atoms with Crippen molar-refractivity contribution in [1.29, 1.82) is 0 Å². The predicted octanol–water partition coefficient (Wildman–Crippen LogP) is 2.21. The number of anilines is 2. The Labute approximate surface area is 119 Å². The van der Waals surface area contributed by atoms with Crippen LogP contribution in [0.5, 0.6) is 0 Å². The van der Waals surface area contributed by atoms with Crippen molar-refractivity contribution in [3.8, 4) is 0 Å². The van der Waals surface area contributed by atoms with E-state index in [2.05, 4.69) is 15.4 Å². The van der Waals surface area contributed by atoms with Crippen molar-refractivity contribution in [1.82, 2.24) is 14.8 Å². The molecule has 2 aromatic heterocycles. The second kappa shape index (κ2) is 5.57. The standard InChI is InChI=1S/C12H13N5O4/c1-7(2)16-6-8(5-13-16)14-11-10(17(20)21)4-3-9(15-11)12(18)19/h3-7H,1-2H3,(H,14,15)(H,18,19). The topological polar surface area (TPSA) is 123 Å². The normalized spacial score (nSPS) is 10.6. The van der Waals surface area contributed by atoms with Gasteiger partial charge in [-0.05, 0) is 19.9 Å². The van der Waals surface area contributed by atoms with E-state index in [1.54, 1.807) is 10.9 Å².